The van der Waals surface area contributed by atoms with Gasteiger partial charge in [0.05, 0.1) is 17.2 Å². The Morgan fingerprint density at radius 3 is 2.76 bits per heavy atom. The predicted molar refractivity (Wildman–Crippen MR) is 56.0 cm³/mol. The largest absolute Gasteiger partial charge is 0.464 e. The van der Waals surface area contributed by atoms with Crippen LogP contribution in [0.5, 0.6) is 0 Å². The van der Waals surface area contributed by atoms with Crippen LogP contribution in [0.25, 0.3) is 22.2 Å². The van der Waals surface area contributed by atoms with Crippen LogP contribution in [0.15, 0.2) is 33.4 Å². The molecule has 0 aliphatic heterocycles. The molecule has 4 nitrogen and oxygen atoms in total. The van der Waals surface area contributed by atoms with E-state index in [-0.39, 0.29) is 28.1 Å². The number of nitrogen functional groups attached to an aromatic ring is 1. The van der Waals surface area contributed by atoms with Crippen LogP contribution in [-0.2, 0) is 0 Å². The first-order valence-corrected chi connectivity index (χ1v) is 4.74. The van der Waals surface area contributed by atoms with Gasteiger partial charge in [-0.05, 0) is 6.07 Å². The summed E-state index contributed by atoms with van der Waals surface area (Å²) in [7, 11) is 0. The molecule has 0 radical (unpaired) electrons. The molecule has 2 heterocycles. The molecule has 2 N–H and O–H groups in total. The van der Waals surface area contributed by atoms with E-state index in [2.05, 4.69) is 9.68 Å². The Balaban J connectivity index is 2.35. The zero-order valence-electron chi connectivity index (χ0n) is 8.41. The number of fused-ring (bicyclic) bond motifs is 1. The van der Waals surface area contributed by atoms with Crippen molar-refractivity contribution < 1.29 is 17.7 Å². The lowest BCUT2D eigenvalue weighted by atomic mass is 10.1. The molecule has 0 atom stereocenters. The monoisotopic (exact) mass is 236 g/mol. The molecular weight excluding hydrogens is 230 g/mol. The van der Waals surface area contributed by atoms with Crippen LogP contribution in [0.1, 0.15) is 0 Å². The molecule has 17 heavy (non-hydrogen) atoms. The van der Waals surface area contributed by atoms with Gasteiger partial charge in [0.1, 0.15) is 22.9 Å². The number of anilines is 1. The Morgan fingerprint density at radius 2 is 2.06 bits per heavy atom. The third-order valence-corrected chi connectivity index (χ3v) is 2.43. The van der Waals surface area contributed by atoms with Crippen LogP contribution < -0.4 is 5.73 Å². The highest BCUT2D eigenvalue weighted by molar-refractivity contribution is 5.84. The minimum atomic E-state index is -0.779. The fourth-order valence-corrected chi connectivity index (χ4v) is 1.68. The maximum absolute atomic E-state index is 14.0. The van der Waals surface area contributed by atoms with E-state index in [1.807, 2.05) is 0 Å². The molecule has 0 unspecified atom stereocenters. The molecule has 6 heteroatoms. The molecular formula is C11H6F2N2O2. The normalized spacial score (nSPS) is 11.2. The standard InChI is InChI=1S/C11H6F2N2O2/c12-6-3-8-5(1-2-16-8)11(13)10(6)7-4-9(14)17-15-7/h1-4H,14H2. The smallest absolute Gasteiger partial charge is 0.222 e. The van der Waals surface area contributed by atoms with Crippen molar-refractivity contribution in [2.75, 3.05) is 5.73 Å². The van der Waals surface area contributed by atoms with Crippen molar-refractivity contribution >= 4 is 16.9 Å². The molecule has 0 amide bonds. The average molecular weight is 236 g/mol. The number of benzene rings is 1. The second-order valence-electron chi connectivity index (χ2n) is 3.49. The molecule has 0 saturated carbocycles. The second-order valence-corrected chi connectivity index (χ2v) is 3.49. The van der Waals surface area contributed by atoms with E-state index in [4.69, 9.17) is 10.2 Å². The van der Waals surface area contributed by atoms with Crippen molar-refractivity contribution in [1.82, 2.24) is 5.16 Å². The van der Waals surface area contributed by atoms with Crippen molar-refractivity contribution in [2.45, 2.75) is 0 Å². The van der Waals surface area contributed by atoms with Crippen molar-refractivity contribution in [3.63, 3.8) is 0 Å². The van der Waals surface area contributed by atoms with Crippen molar-refractivity contribution in [2.24, 2.45) is 0 Å². The number of nitrogens with two attached hydrogens (primary N) is 1. The van der Waals surface area contributed by atoms with Gasteiger partial charge >= 0.3 is 0 Å². The number of hydrogen-bond donors (Lipinski definition) is 1. The van der Waals surface area contributed by atoms with Gasteiger partial charge in [-0.25, -0.2) is 8.78 Å². The van der Waals surface area contributed by atoms with E-state index >= 15 is 0 Å². The Morgan fingerprint density at radius 1 is 1.24 bits per heavy atom. The van der Waals surface area contributed by atoms with Crippen LogP contribution in [0.3, 0.4) is 0 Å². The van der Waals surface area contributed by atoms with Gasteiger partial charge in [-0.1, -0.05) is 5.16 Å². The summed E-state index contributed by atoms with van der Waals surface area (Å²) in [5, 5.41) is 3.67. The Bertz CT molecular complexity index is 703. The lowest BCUT2D eigenvalue weighted by molar-refractivity contribution is 0.438. The number of hydrogen-bond acceptors (Lipinski definition) is 4. The third-order valence-electron chi connectivity index (χ3n) is 2.43. The highest BCUT2D eigenvalue weighted by Gasteiger charge is 2.19. The van der Waals surface area contributed by atoms with Crippen LogP contribution in [0, 0.1) is 11.6 Å². The second kappa shape index (κ2) is 3.31. The predicted octanol–water partition coefficient (Wildman–Crippen LogP) is 2.95. The first-order chi connectivity index (χ1) is 8.16. The minimum Gasteiger partial charge on any atom is -0.464 e. The van der Waals surface area contributed by atoms with E-state index in [1.54, 1.807) is 0 Å². The molecule has 3 rings (SSSR count). The van der Waals surface area contributed by atoms with Crippen molar-refractivity contribution in [1.29, 1.82) is 0 Å². The van der Waals surface area contributed by atoms with Crippen LogP contribution >= 0.6 is 0 Å². The zero-order valence-corrected chi connectivity index (χ0v) is 8.41. The first-order valence-electron chi connectivity index (χ1n) is 4.74. The summed E-state index contributed by atoms with van der Waals surface area (Å²) < 4.78 is 37.3. The van der Waals surface area contributed by atoms with E-state index < -0.39 is 11.6 Å². The van der Waals surface area contributed by atoms with E-state index in [0.717, 1.165) is 6.07 Å². The summed E-state index contributed by atoms with van der Waals surface area (Å²) in [5.41, 5.74) is 5.19. The zero-order chi connectivity index (χ0) is 12.0. The fraction of sp³-hybridized carbons (Fsp3) is 0. The van der Waals surface area contributed by atoms with Gasteiger partial charge in [0.2, 0.25) is 5.88 Å². The van der Waals surface area contributed by atoms with E-state index in [0.29, 0.717) is 0 Å². The third kappa shape index (κ3) is 1.37. The molecule has 0 bridgehead atoms. The van der Waals surface area contributed by atoms with Gasteiger partial charge in [-0.2, -0.15) is 0 Å². The summed E-state index contributed by atoms with van der Waals surface area (Å²) in [5.74, 6) is -1.54. The summed E-state index contributed by atoms with van der Waals surface area (Å²) in [4.78, 5) is 0. The first kappa shape index (κ1) is 9.83. The lowest BCUT2D eigenvalue weighted by Crippen LogP contribution is -1.91. The number of nitrogens with zero attached hydrogens (tertiary/aromatic N) is 1. The topological polar surface area (TPSA) is 65.2 Å². The number of aromatic nitrogens is 1. The summed E-state index contributed by atoms with van der Waals surface area (Å²) in [6.07, 6.45) is 1.29. The molecule has 0 aliphatic carbocycles. The van der Waals surface area contributed by atoms with Crippen molar-refractivity contribution in [3.05, 3.63) is 36.1 Å². The quantitative estimate of drug-likeness (QED) is 0.705. The minimum absolute atomic E-state index is 0.00825. The maximum Gasteiger partial charge on any atom is 0.222 e. The molecule has 1 aromatic carbocycles. The van der Waals surface area contributed by atoms with Crippen LogP contribution in [0.4, 0.5) is 14.7 Å². The van der Waals surface area contributed by atoms with Gasteiger partial charge in [0.25, 0.3) is 0 Å². The number of halogens is 2. The van der Waals surface area contributed by atoms with E-state index in [1.165, 1.54) is 18.4 Å². The fourth-order valence-electron chi connectivity index (χ4n) is 1.68. The Kier molecular flexibility index (Phi) is 1.91. The summed E-state index contributed by atoms with van der Waals surface area (Å²) in [6, 6.07) is 3.77. The van der Waals surface area contributed by atoms with Gasteiger partial charge in [-0.3, -0.25) is 0 Å². The van der Waals surface area contributed by atoms with Gasteiger partial charge < -0.3 is 14.7 Å². The molecule has 0 aliphatic rings. The van der Waals surface area contributed by atoms with Crippen LogP contribution in [-0.4, -0.2) is 5.16 Å². The number of rotatable bonds is 1. The molecule has 0 saturated heterocycles. The SMILES string of the molecule is Nc1cc(-c2c(F)cc3occc3c2F)no1. The molecule has 0 fully saturated rings. The maximum atomic E-state index is 14.0. The highest BCUT2D eigenvalue weighted by Crippen LogP contribution is 2.32. The van der Waals surface area contributed by atoms with Crippen LogP contribution in [0.2, 0.25) is 0 Å². The molecule has 3 aromatic rings. The molecule has 86 valence electrons. The Hall–Kier alpha value is -2.37. The molecule has 0 spiro atoms. The highest BCUT2D eigenvalue weighted by atomic mass is 19.1. The molecule has 2 aromatic heterocycles. The van der Waals surface area contributed by atoms with Gasteiger partial charge in [-0.15, -0.1) is 0 Å². The summed E-state index contributed by atoms with van der Waals surface area (Å²) >= 11 is 0. The van der Waals surface area contributed by atoms with Crippen molar-refractivity contribution in [3.8, 4) is 11.3 Å². The lowest BCUT2D eigenvalue weighted by Gasteiger charge is -2.01. The average Bonchev–Trinajstić information content (AvgIpc) is 2.87. The Labute approximate surface area is 93.6 Å². The number of furan rings is 1. The van der Waals surface area contributed by atoms with Gasteiger partial charge in [0, 0.05) is 12.1 Å². The van der Waals surface area contributed by atoms with E-state index in [9.17, 15) is 8.78 Å². The van der Waals surface area contributed by atoms with Gasteiger partial charge in [0.15, 0.2) is 0 Å². The summed E-state index contributed by atoms with van der Waals surface area (Å²) in [6.45, 7) is 0.